The highest BCUT2D eigenvalue weighted by atomic mass is 35.5. The zero-order valence-electron chi connectivity index (χ0n) is 15.4. The van der Waals surface area contributed by atoms with Crippen molar-refractivity contribution in [1.82, 2.24) is 0 Å². The van der Waals surface area contributed by atoms with E-state index in [0.29, 0.717) is 23.1 Å². The highest BCUT2D eigenvalue weighted by molar-refractivity contribution is 6.32. The van der Waals surface area contributed by atoms with Gasteiger partial charge in [-0.3, -0.25) is 4.79 Å². The van der Waals surface area contributed by atoms with Crippen LogP contribution in [0.25, 0.3) is 6.08 Å². The van der Waals surface area contributed by atoms with Gasteiger partial charge in [0.15, 0.2) is 0 Å². The van der Waals surface area contributed by atoms with Gasteiger partial charge in [-0.15, -0.1) is 0 Å². The van der Waals surface area contributed by atoms with Gasteiger partial charge in [0.05, 0.1) is 12.1 Å². The summed E-state index contributed by atoms with van der Waals surface area (Å²) in [7, 11) is 1.54. The van der Waals surface area contributed by atoms with Crippen LogP contribution in [0.4, 0.5) is 5.69 Å². The molecule has 5 heteroatoms. The van der Waals surface area contributed by atoms with Gasteiger partial charge in [-0.1, -0.05) is 54.1 Å². The fraction of sp³-hybridized carbons (Fsp3) is 0.0870. The van der Waals surface area contributed by atoms with E-state index in [1.54, 1.807) is 31.4 Å². The Labute approximate surface area is 169 Å². The van der Waals surface area contributed by atoms with E-state index in [4.69, 9.17) is 21.1 Å². The van der Waals surface area contributed by atoms with Gasteiger partial charge in [0.2, 0.25) is 5.91 Å². The highest BCUT2D eigenvalue weighted by Gasteiger charge is 2.04. The monoisotopic (exact) mass is 393 g/mol. The van der Waals surface area contributed by atoms with Crippen molar-refractivity contribution in [1.29, 1.82) is 0 Å². The zero-order chi connectivity index (χ0) is 19.8. The summed E-state index contributed by atoms with van der Waals surface area (Å²) in [6.45, 7) is 0.517. The smallest absolute Gasteiger partial charge is 0.248 e. The van der Waals surface area contributed by atoms with Crippen LogP contribution in [0.1, 0.15) is 11.1 Å². The molecule has 0 atom stereocenters. The number of halogens is 1. The maximum atomic E-state index is 12.1. The lowest BCUT2D eigenvalue weighted by atomic mass is 10.2. The number of nitrogens with one attached hydrogen (secondary N) is 1. The maximum absolute atomic E-state index is 12.1. The molecule has 4 nitrogen and oxygen atoms in total. The molecule has 0 unspecified atom stereocenters. The van der Waals surface area contributed by atoms with Gasteiger partial charge in [0, 0.05) is 11.8 Å². The van der Waals surface area contributed by atoms with Gasteiger partial charge < -0.3 is 14.8 Å². The van der Waals surface area contributed by atoms with Crippen LogP contribution in [0.2, 0.25) is 5.02 Å². The second-order valence-corrected chi connectivity index (χ2v) is 6.42. The Kier molecular flexibility index (Phi) is 6.71. The SMILES string of the molecule is COc1ccc(NC(=O)/C=C/c2ccc(OCc3ccccc3)cc2)cc1Cl. The number of benzene rings is 3. The van der Waals surface area contributed by atoms with Crippen LogP contribution in [0.5, 0.6) is 11.5 Å². The summed E-state index contributed by atoms with van der Waals surface area (Å²) in [6, 6.07) is 22.6. The van der Waals surface area contributed by atoms with E-state index in [1.165, 1.54) is 6.08 Å². The van der Waals surface area contributed by atoms with Crippen LogP contribution < -0.4 is 14.8 Å². The summed E-state index contributed by atoms with van der Waals surface area (Å²) in [6.07, 6.45) is 3.21. The Bertz CT molecular complexity index is 953. The summed E-state index contributed by atoms with van der Waals surface area (Å²) < 4.78 is 10.8. The molecule has 0 bridgehead atoms. The Balaban J connectivity index is 1.53. The number of methoxy groups -OCH3 is 1. The van der Waals surface area contributed by atoms with Gasteiger partial charge in [-0.2, -0.15) is 0 Å². The number of carbonyl (C=O) groups is 1. The van der Waals surface area contributed by atoms with Gasteiger partial charge in [0.1, 0.15) is 18.1 Å². The molecule has 0 aliphatic heterocycles. The average molecular weight is 394 g/mol. The topological polar surface area (TPSA) is 47.6 Å². The molecule has 0 aromatic heterocycles. The molecule has 3 rings (SSSR count). The number of ether oxygens (including phenoxy) is 2. The molecule has 0 saturated carbocycles. The number of anilines is 1. The molecule has 3 aromatic carbocycles. The first-order valence-corrected chi connectivity index (χ1v) is 9.11. The van der Waals surface area contributed by atoms with Crippen molar-refractivity contribution >= 4 is 29.3 Å². The van der Waals surface area contributed by atoms with Crippen molar-refractivity contribution in [3.05, 3.63) is 95.0 Å². The third-order valence-corrected chi connectivity index (χ3v) is 4.27. The number of amides is 1. The number of rotatable bonds is 7. The van der Waals surface area contributed by atoms with Gasteiger partial charge in [-0.05, 0) is 47.5 Å². The number of carbonyl (C=O) groups excluding carboxylic acids is 1. The first-order chi connectivity index (χ1) is 13.6. The van der Waals surface area contributed by atoms with Crippen LogP contribution >= 0.6 is 11.6 Å². The zero-order valence-corrected chi connectivity index (χ0v) is 16.1. The minimum absolute atomic E-state index is 0.245. The molecule has 142 valence electrons. The summed E-state index contributed by atoms with van der Waals surface area (Å²) >= 11 is 6.06. The Morgan fingerprint density at radius 2 is 1.79 bits per heavy atom. The molecule has 0 fully saturated rings. The van der Waals surface area contributed by atoms with Crippen LogP contribution in [0.15, 0.2) is 78.9 Å². The van der Waals surface area contributed by atoms with E-state index >= 15 is 0 Å². The lowest BCUT2D eigenvalue weighted by Gasteiger charge is -2.07. The molecule has 0 saturated heterocycles. The van der Waals surface area contributed by atoms with Crippen molar-refractivity contribution in [3.63, 3.8) is 0 Å². The van der Waals surface area contributed by atoms with Crippen molar-refractivity contribution < 1.29 is 14.3 Å². The van der Waals surface area contributed by atoms with Crippen LogP contribution in [-0.4, -0.2) is 13.0 Å². The molecular formula is C23H20ClNO3. The highest BCUT2D eigenvalue weighted by Crippen LogP contribution is 2.27. The maximum Gasteiger partial charge on any atom is 0.248 e. The van der Waals surface area contributed by atoms with Crippen LogP contribution in [0, 0.1) is 0 Å². The predicted molar refractivity (Wildman–Crippen MR) is 113 cm³/mol. The third-order valence-electron chi connectivity index (χ3n) is 3.97. The Hall–Kier alpha value is -3.24. The molecule has 1 amide bonds. The average Bonchev–Trinajstić information content (AvgIpc) is 2.72. The fourth-order valence-electron chi connectivity index (χ4n) is 2.52. The van der Waals surface area contributed by atoms with Crippen molar-refractivity contribution in [2.45, 2.75) is 6.61 Å². The van der Waals surface area contributed by atoms with E-state index in [9.17, 15) is 4.79 Å². The molecule has 0 aliphatic rings. The third kappa shape index (κ3) is 5.63. The van der Waals surface area contributed by atoms with E-state index in [1.807, 2.05) is 54.6 Å². The molecule has 0 spiro atoms. The Morgan fingerprint density at radius 1 is 1.04 bits per heavy atom. The van der Waals surface area contributed by atoms with Crippen LogP contribution in [-0.2, 0) is 11.4 Å². The molecule has 3 aromatic rings. The second kappa shape index (κ2) is 9.62. The standard InChI is InChI=1S/C23H20ClNO3/c1-27-22-13-10-19(15-21(22)24)25-23(26)14-9-17-7-11-20(12-8-17)28-16-18-5-3-2-4-6-18/h2-15H,16H2,1H3,(H,25,26)/b14-9+. The second-order valence-electron chi connectivity index (χ2n) is 6.02. The van der Waals surface area contributed by atoms with Crippen molar-refractivity contribution in [2.75, 3.05) is 12.4 Å². The van der Waals surface area contributed by atoms with E-state index < -0.39 is 0 Å². The fourth-order valence-corrected chi connectivity index (χ4v) is 2.77. The molecule has 0 radical (unpaired) electrons. The van der Waals surface area contributed by atoms with Crippen molar-refractivity contribution in [2.24, 2.45) is 0 Å². The van der Waals surface area contributed by atoms with Crippen LogP contribution in [0.3, 0.4) is 0 Å². The molecule has 28 heavy (non-hydrogen) atoms. The van der Waals surface area contributed by atoms with Crippen molar-refractivity contribution in [3.8, 4) is 11.5 Å². The largest absolute Gasteiger partial charge is 0.495 e. The molecule has 1 N–H and O–H groups in total. The minimum atomic E-state index is -0.245. The van der Waals surface area contributed by atoms with Gasteiger partial charge >= 0.3 is 0 Å². The summed E-state index contributed by atoms with van der Waals surface area (Å²) in [4.78, 5) is 12.1. The predicted octanol–water partition coefficient (Wildman–Crippen LogP) is 5.58. The summed E-state index contributed by atoms with van der Waals surface area (Å²) in [5.41, 5.74) is 2.61. The summed E-state index contributed by atoms with van der Waals surface area (Å²) in [5, 5.41) is 3.20. The summed E-state index contributed by atoms with van der Waals surface area (Å²) in [5.74, 6) is 1.09. The number of hydrogen-bond donors (Lipinski definition) is 1. The first kappa shape index (κ1) is 19.5. The lowest BCUT2D eigenvalue weighted by molar-refractivity contribution is -0.111. The lowest BCUT2D eigenvalue weighted by Crippen LogP contribution is -2.07. The normalized spacial score (nSPS) is 10.6. The van der Waals surface area contributed by atoms with E-state index in [0.717, 1.165) is 16.9 Å². The molecule has 0 aliphatic carbocycles. The molecule has 0 heterocycles. The van der Waals surface area contributed by atoms with Gasteiger partial charge in [-0.25, -0.2) is 0 Å². The molecular weight excluding hydrogens is 374 g/mol. The first-order valence-electron chi connectivity index (χ1n) is 8.73. The quantitative estimate of drug-likeness (QED) is 0.533. The Morgan fingerprint density at radius 3 is 2.46 bits per heavy atom. The van der Waals surface area contributed by atoms with E-state index in [2.05, 4.69) is 5.32 Å². The minimum Gasteiger partial charge on any atom is -0.495 e. The number of hydrogen-bond acceptors (Lipinski definition) is 3. The van der Waals surface area contributed by atoms with Gasteiger partial charge in [0.25, 0.3) is 0 Å². The van der Waals surface area contributed by atoms with E-state index in [-0.39, 0.29) is 5.91 Å².